The van der Waals surface area contributed by atoms with Crippen LogP contribution >= 0.6 is 11.6 Å². The number of nitrogens with zero attached hydrogens (tertiary/aromatic N) is 4. The minimum Gasteiger partial charge on any atom is -0.490 e. The Morgan fingerprint density at radius 3 is 2.48 bits per heavy atom. The molecule has 0 radical (unpaired) electrons. The van der Waals surface area contributed by atoms with Gasteiger partial charge in [0.25, 0.3) is 5.91 Å². The minimum atomic E-state index is -0.0680. The van der Waals surface area contributed by atoms with Crippen LogP contribution in [0.4, 0.5) is 5.95 Å². The number of piperazine rings is 1. The first-order valence-corrected chi connectivity index (χ1v) is 10.4. The Balaban J connectivity index is 1.70. The Morgan fingerprint density at radius 1 is 1.10 bits per heavy atom. The number of rotatable bonds is 8. The van der Waals surface area contributed by atoms with Gasteiger partial charge in [0.1, 0.15) is 0 Å². The zero-order chi connectivity index (χ0) is 20.6. The number of carbonyl (C=O) groups is 1. The standard InChI is InChI=1S/C21H27ClN4O3/c1-3-5-13-29-19-17(22)14-16(15-18(19)28-4-2)20(27)25-9-11-26(12-10-25)21-23-7-6-8-24-21/h6-8,14-15H,3-5,9-13H2,1-2H3. The molecule has 0 spiro atoms. The third-order valence-electron chi connectivity index (χ3n) is 4.70. The maximum absolute atomic E-state index is 13.0. The van der Waals surface area contributed by atoms with Gasteiger partial charge in [0, 0.05) is 44.1 Å². The van der Waals surface area contributed by atoms with Crippen molar-refractivity contribution in [3.05, 3.63) is 41.2 Å². The van der Waals surface area contributed by atoms with E-state index in [4.69, 9.17) is 21.1 Å². The number of unbranched alkanes of at least 4 members (excludes halogenated alkanes) is 1. The van der Waals surface area contributed by atoms with E-state index in [0.717, 1.165) is 12.8 Å². The molecule has 1 amide bonds. The first-order valence-electron chi connectivity index (χ1n) is 10.0. The Kier molecular flexibility index (Phi) is 7.52. The molecule has 1 aliphatic rings. The van der Waals surface area contributed by atoms with E-state index >= 15 is 0 Å². The molecule has 1 aromatic carbocycles. The molecule has 1 fully saturated rings. The maximum Gasteiger partial charge on any atom is 0.254 e. The van der Waals surface area contributed by atoms with Crippen molar-refractivity contribution < 1.29 is 14.3 Å². The average Bonchev–Trinajstić information content (AvgIpc) is 2.76. The van der Waals surface area contributed by atoms with Gasteiger partial charge in [-0.3, -0.25) is 4.79 Å². The molecule has 2 aromatic rings. The number of benzene rings is 1. The Morgan fingerprint density at radius 2 is 1.83 bits per heavy atom. The van der Waals surface area contributed by atoms with Crippen molar-refractivity contribution in [1.29, 1.82) is 0 Å². The van der Waals surface area contributed by atoms with E-state index < -0.39 is 0 Å². The van der Waals surface area contributed by atoms with Gasteiger partial charge in [-0.25, -0.2) is 9.97 Å². The summed E-state index contributed by atoms with van der Waals surface area (Å²) in [6.45, 7) is 7.56. The van der Waals surface area contributed by atoms with Crippen LogP contribution in [0.5, 0.6) is 11.5 Å². The van der Waals surface area contributed by atoms with Crippen molar-refractivity contribution >= 4 is 23.5 Å². The molecule has 1 aliphatic heterocycles. The lowest BCUT2D eigenvalue weighted by molar-refractivity contribution is 0.0745. The van der Waals surface area contributed by atoms with Crippen LogP contribution in [0.3, 0.4) is 0 Å². The Hall–Kier alpha value is -2.54. The van der Waals surface area contributed by atoms with Crippen molar-refractivity contribution in [2.24, 2.45) is 0 Å². The van der Waals surface area contributed by atoms with E-state index in [9.17, 15) is 4.79 Å². The first kappa shape index (κ1) is 21.2. The molecule has 156 valence electrons. The molecule has 0 saturated carbocycles. The second-order valence-corrected chi connectivity index (χ2v) is 7.16. The zero-order valence-corrected chi connectivity index (χ0v) is 17.7. The van der Waals surface area contributed by atoms with Crippen LogP contribution in [-0.4, -0.2) is 60.2 Å². The summed E-state index contributed by atoms with van der Waals surface area (Å²) in [4.78, 5) is 25.5. The van der Waals surface area contributed by atoms with Gasteiger partial charge in [0.05, 0.1) is 18.2 Å². The van der Waals surface area contributed by atoms with Gasteiger partial charge in [0.2, 0.25) is 5.95 Å². The van der Waals surface area contributed by atoms with Crippen LogP contribution < -0.4 is 14.4 Å². The lowest BCUT2D eigenvalue weighted by atomic mass is 10.1. The normalized spacial score (nSPS) is 14.0. The van der Waals surface area contributed by atoms with E-state index in [1.807, 2.05) is 11.8 Å². The summed E-state index contributed by atoms with van der Waals surface area (Å²) < 4.78 is 11.5. The number of hydrogen-bond donors (Lipinski definition) is 0. The van der Waals surface area contributed by atoms with E-state index in [1.165, 1.54) is 0 Å². The summed E-state index contributed by atoms with van der Waals surface area (Å²) >= 11 is 6.43. The highest BCUT2D eigenvalue weighted by molar-refractivity contribution is 6.32. The van der Waals surface area contributed by atoms with Gasteiger partial charge in [0.15, 0.2) is 11.5 Å². The highest BCUT2D eigenvalue weighted by Crippen LogP contribution is 2.37. The molecule has 0 N–H and O–H groups in total. The largest absolute Gasteiger partial charge is 0.490 e. The van der Waals surface area contributed by atoms with Crippen molar-refractivity contribution in [3.63, 3.8) is 0 Å². The molecule has 1 saturated heterocycles. The maximum atomic E-state index is 13.0. The number of ether oxygens (including phenoxy) is 2. The molecule has 2 heterocycles. The van der Waals surface area contributed by atoms with Gasteiger partial charge >= 0.3 is 0 Å². The van der Waals surface area contributed by atoms with E-state index in [2.05, 4.69) is 21.8 Å². The fourth-order valence-corrected chi connectivity index (χ4v) is 3.42. The molecule has 8 heteroatoms. The van der Waals surface area contributed by atoms with Crippen molar-refractivity contribution in [3.8, 4) is 11.5 Å². The van der Waals surface area contributed by atoms with E-state index in [0.29, 0.717) is 67.4 Å². The first-order chi connectivity index (χ1) is 14.1. The fourth-order valence-electron chi connectivity index (χ4n) is 3.16. The molecule has 0 bridgehead atoms. The fraction of sp³-hybridized carbons (Fsp3) is 0.476. The second kappa shape index (κ2) is 10.3. The average molecular weight is 419 g/mol. The van der Waals surface area contributed by atoms with Gasteiger partial charge < -0.3 is 19.3 Å². The van der Waals surface area contributed by atoms with Crippen LogP contribution in [0, 0.1) is 0 Å². The van der Waals surface area contributed by atoms with Crippen molar-refractivity contribution in [2.75, 3.05) is 44.3 Å². The predicted molar refractivity (Wildman–Crippen MR) is 113 cm³/mol. The smallest absolute Gasteiger partial charge is 0.254 e. The third kappa shape index (κ3) is 5.29. The number of hydrogen-bond acceptors (Lipinski definition) is 6. The van der Waals surface area contributed by atoms with E-state index in [-0.39, 0.29) is 5.91 Å². The van der Waals surface area contributed by atoms with Crippen LogP contribution in [0.2, 0.25) is 5.02 Å². The van der Waals surface area contributed by atoms with Gasteiger partial charge in [-0.2, -0.15) is 0 Å². The summed E-state index contributed by atoms with van der Waals surface area (Å²) in [6.07, 6.45) is 5.40. The Labute approximate surface area is 176 Å². The molecule has 0 aliphatic carbocycles. The van der Waals surface area contributed by atoms with Crippen molar-refractivity contribution in [1.82, 2.24) is 14.9 Å². The number of carbonyl (C=O) groups excluding carboxylic acids is 1. The topological polar surface area (TPSA) is 67.8 Å². The summed E-state index contributed by atoms with van der Waals surface area (Å²) in [5, 5.41) is 0.395. The number of amides is 1. The van der Waals surface area contributed by atoms with Gasteiger partial charge in [-0.1, -0.05) is 24.9 Å². The summed E-state index contributed by atoms with van der Waals surface area (Å²) in [6, 6.07) is 5.19. The molecular weight excluding hydrogens is 392 g/mol. The lowest BCUT2D eigenvalue weighted by Gasteiger charge is -2.34. The highest BCUT2D eigenvalue weighted by atomic mass is 35.5. The number of halogens is 1. The number of anilines is 1. The predicted octanol–water partition coefficient (Wildman–Crippen LogP) is 3.67. The third-order valence-corrected chi connectivity index (χ3v) is 4.98. The van der Waals surface area contributed by atoms with Crippen LogP contribution in [0.1, 0.15) is 37.0 Å². The quantitative estimate of drug-likeness (QED) is 0.609. The lowest BCUT2D eigenvalue weighted by Crippen LogP contribution is -2.49. The highest BCUT2D eigenvalue weighted by Gasteiger charge is 2.25. The summed E-state index contributed by atoms with van der Waals surface area (Å²) in [5.74, 6) is 1.64. The molecule has 7 nitrogen and oxygen atoms in total. The van der Waals surface area contributed by atoms with Crippen LogP contribution in [-0.2, 0) is 0 Å². The molecule has 1 aromatic heterocycles. The molecular formula is C21H27ClN4O3. The molecule has 0 unspecified atom stereocenters. The summed E-state index contributed by atoms with van der Waals surface area (Å²) in [7, 11) is 0. The monoisotopic (exact) mass is 418 g/mol. The Bertz CT molecular complexity index is 811. The van der Waals surface area contributed by atoms with Crippen molar-refractivity contribution in [2.45, 2.75) is 26.7 Å². The molecule has 0 atom stereocenters. The van der Waals surface area contributed by atoms with Gasteiger partial charge in [-0.05, 0) is 31.5 Å². The minimum absolute atomic E-state index is 0.0680. The van der Waals surface area contributed by atoms with Gasteiger partial charge in [-0.15, -0.1) is 0 Å². The second-order valence-electron chi connectivity index (χ2n) is 6.75. The molecule has 29 heavy (non-hydrogen) atoms. The number of aromatic nitrogens is 2. The summed E-state index contributed by atoms with van der Waals surface area (Å²) in [5.41, 5.74) is 0.505. The van der Waals surface area contributed by atoms with Crippen LogP contribution in [0.15, 0.2) is 30.6 Å². The van der Waals surface area contributed by atoms with Crippen LogP contribution in [0.25, 0.3) is 0 Å². The molecule has 3 rings (SSSR count). The SMILES string of the molecule is CCCCOc1c(Cl)cc(C(=O)N2CCN(c3ncccn3)CC2)cc1OCC. The zero-order valence-electron chi connectivity index (χ0n) is 16.9. The van der Waals surface area contributed by atoms with E-state index in [1.54, 1.807) is 30.6 Å².